The predicted molar refractivity (Wildman–Crippen MR) is 191 cm³/mol. The number of para-hydroxylation sites is 2. The van der Waals surface area contributed by atoms with Crippen molar-refractivity contribution >= 4 is 43.4 Å². The molecule has 0 atom stereocenters. The van der Waals surface area contributed by atoms with Gasteiger partial charge in [-0.1, -0.05) is 133 Å². The second kappa shape index (κ2) is 9.29. The minimum absolute atomic E-state index is 1.18. The maximum absolute atomic E-state index is 2.40. The molecule has 0 aliphatic heterocycles. The summed E-state index contributed by atoms with van der Waals surface area (Å²) in [6.45, 7) is 0. The fourth-order valence-corrected chi connectivity index (χ4v) is 7.76. The molecule has 0 spiro atoms. The van der Waals surface area contributed by atoms with Crippen LogP contribution in [-0.2, 0) is 0 Å². The zero-order chi connectivity index (χ0) is 29.5. The summed E-state index contributed by atoms with van der Waals surface area (Å²) < 4.78 is 2.40. The average Bonchev–Trinajstić information content (AvgIpc) is 3.61. The fraction of sp³-hybridized carbons (Fsp3) is 0. The molecule has 0 saturated heterocycles. The molecule has 208 valence electrons. The summed E-state index contributed by atoms with van der Waals surface area (Å²) in [6, 6.07) is 60.2. The van der Waals surface area contributed by atoms with E-state index >= 15 is 0 Å². The van der Waals surface area contributed by atoms with E-state index in [4.69, 9.17) is 0 Å². The molecule has 1 nitrogen and oxygen atoms in total. The molecule has 9 aromatic rings. The molecule has 0 fully saturated rings. The Morgan fingerprint density at radius 2 is 0.889 bits per heavy atom. The molecule has 10 rings (SSSR count). The topological polar surface area (TPSA) is 4.93 Å². The molecule has 45 heavy (non-hydrogen) atoms. The summed E-state index contributed by atoms with van der Waals surface area (Å²) in [4.78, 5) is 0. The highest BCUT2D eigenvalue weighted by Crippen LogP contribution is 2.49. The normalized spacial score (nSPS) is 12.0. The van der Waals surface area contributed by atoms with E-state index in [2.05, 4.69) is 168 Å². The van der Waals surface area contributed by atoms with E-state index in [9.17, 15) is 0 Å². The second-order valence-electron chi connectivity index (χ2n) is 12.1. The summed E-state index contributed by atoms with van der Waals surface area (Å²) in [5.74, 6) is 0. The Kier molecular flexibility index (Phi) is 5.06. The van der Waals surface area contributed by atoms with E-state index < -0.39 is 0 Å². The third kappa shape index (κ3) is 3.50. The van der Waals surface area contributed by atoms with Gasteiger partial charge in [-0.15, -0.1) is 0 Å². The van der Waals surface area contributed by atoms with Crippen molar-refractivity contribution in [2.75, 3.05) is 0 Å². The van der Waals surface area contributed by atoms with Gasteiger partial charge in [-0.3, -0.25) is 0 Å². The first kappa shape index (κ1) is 24.5. The van der Waals surface area contributed by atoms with E-state index in [1.165, 1.54) is 93.5 Å². The molecular formula is C44H27N. The van der Waals surface area contributed by atoms with Crippen LogP contribution < -0.4 is 0 Å². The molecule has 1 heteroatoms. The van der Waals surface area contributed by atoms with Crippen molar-refractivity contribution in [1.82, 2.24) is 4.57 Å². The quantitative estimate of drug-likeness (QED) is 0.199. The summed E-state index contributed by atoms with van der Waals surface area (Å²) >= 11 is 0. The molecule has 1 aliphatic rings. The second-order valence-corrected chi connectivity index (χ2v) is 12.1. The third-order valence-electron chi connectivity index (χ3n) is 9.74. The molecule has 0 radical (unpaired) electrons. The summed E-state index contributed by atoms with van der Waals surface area (Å²) in [6.07, 6.45) is 0. The molecule has 8 aromatic carbocycles. The minimum Gasteiger partial charge on any atom is -0.309 e. The first-order valence-corrected chi connectivity index (χ1v) is 15.6. The zero-order valence-corrected chi connectivity index (χ0v) is 24.5. The SMILES string of the molecule is c1ccc(-n2c3ccccc3c3ccc(-c4ccc(-c5ccc6c(c5)-c5cccc7cccc-6c57)c5ccccc45)cc32)cc1. The Bertz CT molecular complexity index is 2630. The van der Waals surface area contributed by atoms with Crippen LogP contribution in [0.1, 0.15) is 0 Å². The average molecular weight is 570 g/mol. The highest BCUT2D eigenvalue weighted by Gasteiger charge is 2.22. The van der Waals surface area contributed by atoms with Crippen molar-refractivity contribution in [2.24, 2.45) is 0 Å². The van der Waals surface area contributed by atoms with Gasteiger partial charge in [0, 0.05) is 16.5 Å². The highest BCUT2D eigenvalue weighted by molar-refractivity contribution is 6.16. The van der Waals surface area contributed by atoms with E-state index in [0.29, 0.717) is 0 Å². The van der Waals surface area contributed by atoms with Crippen molar-refractivity contribution in [3.63, 3.8) is 0 Å². The number of rotatable bonds is 3. The van der Waals surface area contributed by atoms with Crippen molar-refractivity contribution in [3.8, 4) is 50.2 Å². The number of aromatic nitrogens is 1. The lowest BCUT2D eigenvalue weighted by atomic mass is 9.90. The monoisotopic (exact) mass is 569 g/mol. The van der Waals surface area contributed by atoms with Crippen LogP contribution in [0.2, 0.25) is 0 Å². The summed E-state index contributed by atoms with van der Waals surface area (Å²) in [5, 5.41) is 7.76. The number of hydrogen-bond donors (Lipinski definition) is 0. The van der Waals surface area contributed by atoms with Gasteiger partial charge in [-0.05, 0) is 96.4 Å². The Labute approximate surface area is 261 Å². The first-order valence-electron chi connectivity index (χ1n) is 15.6. The number of benzene rings is 8. The van der Waals surface area contributed by atoms with Gasteiger partial charge in [0.05, 0.1) is 11.0 Å². The van der Waals surface area contributed by atoms with E-state index in [-0.39, 0.29) is 0 Å². The lowest BCUT2D eigenvalue weighted by Gasteiger charge is -2.14. The van der Waals surface area contributed by atoms with Crippen molar-refractivity contribution in [2.45, 2.75) is 0 Å². The zero-order valence-electron chi connectivity index (χ0n) is 24.5. The maximum atomic E-state index is 2.40. The Hall–Kier alpha value is -5.92. The highest BCUT2D eigenvalue weighted by atomic mass is 15.0. The Morgan fingerprint density at radius 3 is 1.64 bits per heavy atom. The molecule has 1 aromatic heterocycles. The van der Waals surface area contributed by atoms with Crippen molar-refractivity contribution < 1.29 is 0 Å². The van der Waals surface area contributed by atoms with Crippen LogP contribution >= 0.6 is 0 Å². The third-order valence-corrected chi connectivity index (χ3v) is 9.74. The predicted octanol–water partition coefficient (Wildman–Crippen LogP) is 12.1. The van der Waals surface area contributed by atoms with Crippen molar-refractivity contribution in [3.05, 3.63) is 164 Å². The van der Waals surface area contributed by atoms with Gasteiger partial charge < -0.3 is 4.57 Å². The largest absolute Gasteiger partial charge is 0.309 e. The van der Waals surface area contributed by atoms with E-state index in [1.54, 1.807) is 0 Å². The Balaban J connectivity index is 1.16. The number of nitrogens with zero attached hydrogens (tertiary/aromatic N) is 1. The van der Waals surface area contributed by atoms with Crippen LogP contribution in [0.25, 0.3) is 93.5 Å². The molecule has 0 N–H and O–H groups in total. The standard InChI is InChI=1S/C44H27N/c1-2-12-31(13-3-1)45-42-19-7-6-16-37(42)38-23-21-30(27-43(38)45)33-25-24-32(34-14-4-5-15-35(33)34)29-20-22-36-39-17-8-10-28-11-9-18-40(44(28)39)41(36)26-29/h1-27H. The molecular weight excluding hydrogens is 542 g/mol. The number of fused-ring (bicyclic) bond motifs is 7. The van der Waals surface area contributed by atoms with E-state index in [0.717, 1.165) is 0 Å². The van der Waals surface area contributed by atoms with Gasteiger partial charge in [-0.2, -0.15) is 0 Å². The molecule has 0 amide bonds. The van der Waals surface area contributed by atoms with Gasteiger partial charge >= 0.3 is 0 Å². The lowest BCUT2D eigenvalue weighted by molar-refractivity contribution is 1.18. The van der Waals surface area contributed by atoms with Crippen LogP contribution in [0.15, 0.2) is 164 Å². The molecule has 1 heterocycles. The van der Waals surface area contributed by atoms with Gasteiger partial charge in [-0.25, -0.2) is 0 Å². The van der Waals surface area contributed by atoms with Crippen LogP contribution in [0.5, 0.6) is 0 Å². The van der Waals surface area contributed by atoms with Crippen LogP contribution in [0, 0.1) is 0 Å². The fourth-order valence-electron chi connectivity index (χ4n) is 7.76. The van der Waals surface area contributed by atoms with Gasteiger partial charge in [0.1, 0.15) is 0 Å². The van der Waals surface area contributed by atoms with Crippen molar-refractivity contribution in [1.29, 1.82) is 0 Å². The minimum atomic E-state index is 1.18. The van der Waals surface area contributed by atoms with Crippen LogP contribution in [0.4, 0.5) is 0 Å². The summed E-state index contributed by atoms with van der Waals surface area (Å²) in [5.41, 5.74) is 13.9. The lowest BCUT2D eigenvalue weighted by Crippen LogP contribution is -1.93. The smallest absolute Gasteiger partial charge is 0.0547 e. The van der Waals surface area contributed by atoms with E-state index in [1.807, 2.05) is 0 Å². The molecule has 0 unspecified atom stereocenters. The maximum Gasteiger partial charge on any atom is 0.0547 e. The Morgan fingerprint density at radius 1 is 0.311 bits per heavy atom. The van der Waals surface area contributed by atoms with Gasteiger partial charge in [0.2, 0.25) is 0 Å². The van der Waals surface area contributed by atoms with Crippen LogP contribution in [-0.4, -0.2) is 4.57 Å². The molecule has 1 aliphatic carbocycles. The molecule has 0 saturated carbocycles. The summed E-state index contributed by atoms with van der Waals surface area (Å²) in [7, 11) is 0. The van der Waals surface area contributed by atoms with Gasteiger partial charge in [0.25, 0.3) is 0 Å². The number of hydrogen-bond acceptors (Lipinski definition) is 0. The first-order chi connectivity index (χ1) is 22.3. The van der Waals surface area contributed by atoms with Crippen LogP contribution in [0.3, 0.4) is 0 Å². The molecule has 0 bridgehead atoms. The van der Waals surface area contributed by atoms with Gasteiger partial charge in [0.15, 0.2) is 0 Å².